The zero-order valence-electron chi connectivity index (χ0n) is 19.4. The van der Waals surface area contributed by atoms with Crippen molar-refractivity contribution in [2.24, 2.45) is 5.73 Å². The topological polar surface area (TPSA) is 170 Å². The van der Waals surface area contributed by atoms with Crippen LogP contribution in [0.1, 0.15) is 17.0 Å². The van der Waals surface area contributed by atoms with Crippen LogP contribution in [0.25, 0.3) is 11.3 Å². The number of allylic oxidation sites excluding steroid dienone is 1. The first-order valence-corrected chi connectivity index (χ1v) is 12.8. The molecule has 2 aliphatic rings. The molecule has 0 unspecified atom stereocenters. The molecule has 1 saturated heterocycles. The van der Waals surface area contributed by atoms with Crippen molar-refractivity contribution in [1.29, 1.82) is 5.26 Å². The van der Waals surface area contributed by atoms with Crippen molar-refractivity contribution < 1.29 is 23.9 Å². The summed E-state index contributed by atoms with van der Waals surface area (Å²) in [6.07, 6.45) is -0.513. The average Bonchev–Trinajstić information content (AvgIpc) is 3.33. The van der Waals surface area contributed by atoms with Crippen LogP contribution < -0.4 is 15.2 Å². The molecule has 2 aromatic carbocycles. The Hall–Kier alpha value is -3.93. The molecule has 0 radical (unpaired) electrons. The first kappa shape index (κ1) is 25.7. The van der Waals surface area contributed by atoms with Gasteiger partial charge in [-0.05, 0) is 49.6 Å². The summed E-state index contributed by atoms with van der Waals surface area (Å²) in [4.78, 5) is 25.1. The number of hydrogen-bond donors (Lipinski definition) is 2. The van der Waals surface area contributed by atoms with Gasteiger partial charge in [-0.25, -0.2) is 4.79 Å². The normalized spacial score (nSPS) is 16.9. The molecule has 0 spiro atoms. The van der Waals surface area contributed by atoms with Gasteiger partial charge in [0, 0.05) is 30.8 Å². The van der Waals surface area contributed by atoms with E-state index in [1.165, 1.54) is 12.1 Å². The highest BCUT2D eigenvalue weighted by Crippen LogP contribution is 2.48. The number of non-ortho nitro benzene ring substituents is 1. The monoisotopic (exact) mass is 644 g/mol. The van der Waals surface area contributed by atoms with Crippen LogP contribution in [0.4, 0.5) is 10.5 Å². The predicted molar refractivity (Wildman–Crippen MR) is 140 cm³/mol. The van der Waals surface area contributed by atoms with Crippen LogP contribution in [0.3, 0.4) is 0 Å². The number of aromatic amines is 1. The molecule has 2 aliphatic heterocycles. The number of nitriles is 1. The van der Waals surface area contributed by atoms with Crippen molar-refractivity contribution >= 4 is 43.6 Å². The van der Waals surface area contributed by atoms with Crippen LogP contribution in [0.2, 0.25) is 0 Å². The number of rotatable bonds is 4. The second kappa shape index (κ2) is 10.4. The van der Waals surface area contributed by atoms with Gasteiger partial charge in [0.2, 0.25) is 11.8 Å². The van der Waals surface area contributed by atoms with E-state index in [9.17, 15) is 20.2 Å². The van der Waals surface area contributed by atoms with Crippen LogP contribution >= 0.6 is 31.9 Å². The number of ether oxygens (including phenoxy) is 3. The summed E-state index contributed by atoms with van der Waals surface area (Å²) in [5.74, 6) is -0.451. The molecule has 0 bridgehead atoms. The number of morpholine rings is 1. The molecule has 3 N–H and O–H groups in total. The first-order valence-electron chi connectivity index (χ1n) is 11.2. The number of aromatic nitrogens is 2. The van der Waals surface area contributed by atoms with Gasteiger partial charge >= 0.3 is 6.09 Å². The molecule has 12 nitrogen and oxygen atoms in total. The highest BCUT2D eigenvalue weighted by molar-refractivity contribution is 9.11. The van der Waals surface area contributed by atoms with E-state index in [0.29, 0.717) is 57.6 Å². The van der Waals surface area contributed by atoms with Crippen molar-refractivity contribution in [3.8, 4) is 29.0 Å². The molecule has 14 heteroatoms. The fraction of sp³-hybridized carbons (Fsp3) is 0.208. The Bertz CT molecular complexity index is 1500. The number of nitrogens with two attached hydrogens (primary N) is 1. The van der Waals surface area contributed by atoms with Crippen molar-refractivity contribution in [3.63, 3.8) is 0 Å². The lowest BCUT2D eigenvalue weighted by molar-refractivity contribution is -0.384. The van der Waals surface area contributed by atoms with Gasteiger partial charge in [-0.2, -0.15) is 5.26 Å². The molecule has 3 aromatic rings. The van der Waals surface area contributed by atoms with Gasteiger partial charge in [-0.3, -0.25) is 15.2 Å². The highest BCUT2D eigenvalue weighted by Gasteiger charge is 2.36. The zero-order valence-corrected chi connectivity index (χ0v) is 22.6. The molecular formula is C24H18Br2N6O6. The smallest absolute Gasteiger partial charge is 0.415 e. The van der Waals surface area contributed by atoms with E-state index < -0.39 is 16.9 Å². The lowest BCUT2D eigenvalue weighted by Crippen LogP contribution is -2.42. The molecule has 0 saturated carbocycles. The third kappa shape index (κ3) is 4.71. The van der Waals surface area contributed by atoms with Gasteiger partial charge in [-0.1, -0.05) is 12.1 Å². The fourth-order valence-electron chi connectivity index (χ4n) is 4.31. The second-order valence-electron chi connectivity index (χ2n) is 8.33. The molecule has 194 valence electrons. The molecule has 1 fully saturated rings. The maximum absolute atomic E-state index is 12.7. The Labute approximate surface area is 232 Å². The Morgan fingerprint density at radius 1 is 1.26 bits per heavy atom. The minimum atomic E-state index is -0.742. The number of amides is 1. The predicted octanol–water partition coefficient (Wildman–Crippen LogP) is 4.56. The number of H-pyrrole nitrogens is 1. The quantitative estimate of drug-likeness (QED) is 0.305. The van der Waals surface area contributed by atoms with E-state index in [0.717, 1.165) is 0 Å². The van der Waals surface area contributed by atoms with Crippen LogP contribution in [-0.2, 0) is 4.74 Å². The standard InChI is InChI=1S/C24H18Br2N6O6/c25-16-9-13(10-17(26)21(16)37-24(33)31-4-6-36-7-5-31)18-15(11-27)22(28)38-23-19(18)20(29-30-23)12-2-1-3-14(8-12)32(34)35/h1-3,8-10,18H,4-7,28H2,(H,29,30)/t18-/m0/s1. The maximum atomic E-state index is 12.7. The largest absolute Gasteiger partial charge is 0.420 e. The van der Waals surface area contributed by atoms with Gasteiger partial charge in [0.05, 0.1) is 44.3 Å². The van der Waals surface area contributed by atoms with Crippen molar-refractivity contribution in [2.45, 2.75) is 5.92 Å². The number of nitro benzene ring substituents is 1. The molecule has 0 aliphatic carbocycles. The summed E-state index contributed by atoms with van der Waals surface area (Å²) in [6, 6.07) is 11.6. The fourth-order valence-corrected chi connectivity index (χ4v) is 5.70. The molecule has 1 amide bonds. The summed E-state index contributed by atoms with van der Waals surface area (Å²) >= 11 is 6.97. The number of halogens is 2. The molecule has 1 aromatic heterocycles. The number of benzene rings is 2. The summed E-state index contributed by atoms with van der Waals surface area (Å²) in [6.45, 7) is 1.72. The van der Waals surface area contributed by atoms with Crippen molar-refractivity contribution in [3.05, 3.63) is 78.0 Å². The van der Waals surface area contributed by atoms with E-state index in [-0.39, 0.29) is 28.8 Å². The van der Waals surface area contributed by atoms with Crippen molar-refractivity contribution in [2.75, 3.05) is 26.3 Å². The Balaban J connectivity index is 1.57. The number of nitrogens with one attached hydrogen (secondary N) is 1. The number of nitro groups is 1. The summed E-state index contributed by atoms with van der Waals surface area (Å²) < 4.78 is 17.5. The van der Waals surface area contributed by atoms with E-state index in [1.54, 1.807) is 29.2 Å². The number of hydrogen-bond acceptors (Lipinski definition) is 9. The maximum Gasteiger partial charge on any atom is 0.415 e. The first-order chi connectivity index (χ1) is 18.3. The lowest BCUT2D eigenvalue weighted by atomic mass is 9.83. The number of nitrogens with zero attached hydrogens (tertiary/aromatic N) is 4. The van der Waals surface area contributed by atoms with E-state index in [4.69, 9.17) is 19.9 Å². The van der Waals surface area contributed by atoms with E-state index in [2.05, 4.69) is 48.1 Å². The summed E-state index contributed by atoms with van der Waals surface area (Å²) in [5, 5.41) is 28.4. The van der Waals surface area contributed by atoms with Gasteiger partial charge in [-0.15, -0.1) is 5.10 Å². The van der Waals surface area contributed by atoms with E-state index >= 15 is 0 Å². The Morgan fingerprint density at radius 3 is 2.63 bits per heavy atom. The third-order valence-corrected chi connectivity index (χ3v) is 7.28. The van der Waals surface area contributed by atoms with Gasteiger partial charge in [0.15, 0.2) is 5.75 Å². The molecule has 3 heterocycles. The van der Waals surface area contributed by atoms with Crippen LogP contribution in [-0.4, -0.2) is 52.4 Å². The van der Waals surface area contributed by atoms with E-state index in [1.807, 2.05) is 0 Å². The second-order valence-corrected chi connectivity index (χ2v) is 10.0. The van der Waals surface area contributed by atoms with Gasteiger partial charge in [0.1, 0.15) is 11.6 Å². The van der Waals surface area contributed by atoms with Crippen LogP contribution in [0.15, 0.2) is 56.8 Å². The van der Waals surface area contributed by atoms with Gasteiger partial charge in [0.25, 0.3) is 5.69 Å². The SMILES string of the molecule is N#CC1=C(N)Oc2n[nH]c(-c3cccc([N+](=O)[O-])c3)c2[C@H]1c1cc(Br)c(OC(=O)N2CCOCC2)c(Br)c1. The molecule has 1 atom stereocenters. The highest BCUT2D eigenvalue weighted by atomic mass is 79.9. The minimum Gasteiger partial charge on any atom is -0.420 e. The number of fused-ring (bicyclic) bond motifs is 1. The molecule has 38 heavy (non-hydrogen) atoms. The Morgan fingerprint density at radius 2 is 1.97 bits per heavy atom. The minimum absolute atomic E-state index is 0.105. The Kier molecular flexibility index (Phi) is 7.06. The average molecular weight is 646 g/mol. The summed E-state index contributed by atoms with van der Waals surface area (Å²) in [7, 11) is 0. The van der Waals surface area contributed by atoms with Crippen LogP contribution in [0, 0.1) is 21.4 Å². The van der Waals surface area contributed by atoms with Crippen molar-refractivity contribution in [1.82, 2.24) is 15.1 Å². The molecular weight excluding hydrogens is 628 g/mol. The third-order valence-electron chi connectivity index (χ3n) is 6.10. The molecule has 5 rings (SSSR count). The van der Waals surface area contributed by atoms with Gasteiger partial charge < -0.3 is 24.8 Å². The van der Waals surface area contributed by atoms with Crippen LogP contribution in [0.5, 0.6) is 11.6 Å². The lowest BCUT2D eigenvalue weighted by Gasteiger charge is -2.27. The number of carbonyl (C=O) groups is 1. The zero-order chi connectivity index (χ0) is 27.0. The number of carbonyl (C=O) groups excluding carboxylic acids is 1. The summed E-state index contributed by atoms with van der Waals surface area (Å²) in [5.41, 5.74) is 8.10.